The van der Waals surface area contributed by atoms with Gasteiger partial charge in [0, 0.05) is 18.2 Å². The summed E-state index contributed by atoms with van der Waals surface area (Å²) >= 11 is 1.38. The maximum atomic E-state index is 12.6. The second-order valence-electron chi connectivity index (χ2n) is 6.55. The summed E-state index contributed by atoms with van der Waals surface area (Å²) in [6.45, 7) is 3.55. The van der Waals surface area contributed by atoms with Gasteiger partial charge in [-0.25, -0.2) is 4.98 Å². The number of anilines is 2. The molecule has 2 aromatic heterocycles. The minimum absolute atomic E-state index is 0.169. The second kappa shape index (κ2) is 7.84. The molecule has 3 N–H and O–H groups in total. The fourth-order valence-electron chi connectivity index (χ4n) is 2.90. The number of carbonyl (C=O) groups is 2. The van der Waals surface area contributed by atoms with Crippen LogP contribution in [0.25, 0.3) is 21.5 Å². The van der Waals surface area contributed by atoms with E-state index in [1.165, 1.54) is 23.8 Å². The van der Waals surface area contributed by atoms with E-state index in [0.29, 0.717) is 27.7 Å². The van der Waals surface area contributed by atoms with Gasteiger partial charge >= 0.3 is 0 Å². The summed E-state index contributed by atoms with van der Waals surface area (Å²) < 4.78 is 0.922. The van der Waals surface area contributed by atoms with Crippen LogP contribution in [-0.2, 0) is 11.2 Å². The van der Waals surface area contributed by atoms with Crippen molar-refractivity contribution in [1.82, 2.24) is 15.2 Å². The van der Waals surface area contributed by atoms with Crippen LogP contribution in [0.2, 0.25) is 0 Å². The number of thiazole rings is 1. The monoisotopic (exact) mass is 405 g/mol. The summed E-state index contributed by atoms with van der Waals surface area (Å²) in [7, 11) is 0. The number of rotatable bonds is 5. The molecule has 2 aromatic carbocycles. The molecule has 0 atom stereocenters. The Bertz CT molecular complexity index is 1190. The molecule has 0 fully saturated rings. The molecule has 0 aliphatic heterocycles. The van der Waals surface area contributed by atoms with Crippen LogP contribution in [-0.4, -0.2) is 27.0 Å². The zero-order valence-corrected chi connectivity index (χ0v) is 16.8. The van der Waals surface area contributed by atoms with E-state index in [2.05, 4.69) is 44.9 Å². The van der Waals surface area contributed by atoms with Crippen molar-refractivity contribution in [3.05, 3.63) is 59.8 Å². The Morgan fingerprint density at radius 2 is 1.86 bits per heavy atom. The van der Waals surface area contributed by atoms with E-state index in [9.17, 15) is 9.59 Å². The minimum atomic E-state index is -0.286. The third kappa shape index (κ3) is 4.17. The molecule has 4 aromatic rings. The lowest BCUT2D eigenvalue weighted by molar-refractivity contribution is -0.114. The summed E-state index contributed by atoms with van der Waals surface area (Å²) in [5.41, 5.74) is 4.61. The van der Waals surface area contributed by atoms with Crippen molar-refractivity contribution in [2.24, 2.45) is 0 Å². The molecule has 0 spiro atoms. The van der Waals surface area contributed by atoms with Gasteiger partial charge in [-0.1, -0.05) is 42.5 Å². The number of H-pyrrole nitrogens is 1. The molecule has 0 saturated carbocycles. The predicted molar refractivity (Wildman–Crippen MR) is 115 cm³/mol. The van der Waals surface area contributed by atoms with E-state index in [-0.39, 0.29) is 11.8 Å². The first-order chi connectivity index (χ1) is 14.0. The first-order valence-electron chi connectivity index (χ1n) is 9.16. The molecule has 0 aliphatic rings. The number of carbonyl (C=O) groups excluding carboxylic acids is 2. The first kappa shape index (κ1) is 18.8. The SMILES string of the molecule is CCc1ccc(-c2cc(C(=O)Nc3ccc4sc(NC(C)=O)nc4c3)[nH]n2)cc1. The Morgan fingerprint density at radius 3 is 2.59 bits per heavy atom. The lowest BCUT2D eigenvalue weighted by Crippen LogP contribution is -2.12. The lowest BCUT2D eigenvalue weighted by atomic mass is 10.1. The van der Waals surface area contributed by atoms with Crippen LogP contribution in [0, 0.1) is 0 Å². The number of aromatic amines is 1. The van der Waals surface area contributed by atoms with Crippen LogP contribution in [0.1, 0.15) is 29.9 Å². The molecule has 29 heavy (non-hydrogen) atoms. The number of aromatic nitrogens is 3. The minimum Gasteiger partial charge on any atom is -0.321 e. The van der Waals surface area contributed by atoms with Gasteiger partial charge in [0.15, 0.2) is 5.13 Å². The molecule has 0 unspecified atom stereocenters. The highest BCUT2D eigenvalue weighted by Gasteiger charge is 2.13. The van der Waals surface area contributed by atoms with Crippen LogP contribution < -0.4 is 10.6 Å². The van der Waals surface area contributed by atoms with E-state index < -0.39 is 0 Å². The van der Waals surface area contributed by atoms with Crippen LogP contribution in [0.3, 0.4) is 0 Å². The van der Waals surface area contributed by atoms with Crippen LogP contribution in [0.4, 0.5) is 10.8 Å². The molecular formula is C21H19N5O2S. The Hall–Kier alpha value is -3.52. The molecule has 146 valence electrons. The number of aryl methyl sites for hydroxylation is 1. The largest absolute Gasteiger partial charge is 0.321 e. The molecule has 2 heterocycles. The van der Waals surface area contributed by atoms with Crippen LogP contribution in [0.15, 0.2) is 48.5 Å². The summed E-state index contributed by atoms with van der Waals surface area (Å²) in [5.74, 6) is -0.456. The van der Waals surface area contributed by atoms with Gasteiger partial charge < -0.3 is 10.6 Å². The lowest BCUT2D eigenvalue weighted by Gasteiger charge is -2.03. The summed E-state index contributed by atoms with van der Waals surface area (Å²) in [6, 6.07) is 15.3. The molecule has 2 amide bonds. The van der Waals surface area contributed by atoms with Crippen molar-refractivity contribution < 1.29 is 9.59 Å². The van der Waals surface area contributed by atoms with Crippen molar-refractivity contribution in [3.8, 4) is 11.3 Å². The van der Waals surface area contributed by atoms with E-state index in [0.717, 1.165) is 16.7 Å². The molecule has 7 nitrogen and oxygen atoms in total. The average molecular weight is 405 g/mol. The van der Waals surface area contributed by atoms with Crippen molar-refractivity contribution in [2.75, 3.05) is 10.6 Å². The Kier molecular flexibility index (Phi) is 5.09. The second-order valence-corrected chi connectivity index (χ2v) is 7.58. The van der Waals surface area contributed by atoms with E-state index in [1.807, 2.05) is 18.2 Å². The third-order valence-corrected chi connectivity index (χ3v) is 5.36. The molecule has 0 saturated heterocycles. The number of nitrogens with one attached hydrogen (secondary N) is 3. The van der Waals surface area contributed by atoms with Crippen molar-refractivity contribution in [1.29, 1.82) is 0 Å². The van der Waals surface area contributed by atoms with E-state index in [1.54, 1.807) is 18.2 Å². The van der Waals surface area contributed by atoms with Crippen LogP contribution in [0.5, 0.6) is 0 Å². The Labute approximate surface area is 171 Å². The Balaban J connectivity index is 1.50. The van der Waals surface area contributed by atoms with Crippen molar-refractivity contribution in [3.63, 3.8) is 0 Å². The summed E-state index contributed by atoms with van der Waals surface area (Å²) in [5, 5.41) is 13.1. The third-order valence-electron chi connectivity index (χ3n) is 4.41. The van der Waals surface area contributed by atoms with Crippen molar-refractivity contribution >= 4 is 44.2 Å². The zero-order chi connectivity index (χ0) is 20.4. The van der Waals surface area contributed by atoms with Gasteiger partial charge in [-0.2, -0.15) is 5.10 Å². The van der Waals surface area contributed by atoms with Gasteiger partial charge in [-0.3, -0.25) is 14.7 Å². The van der Waals surface area contributed by atoms with Gasteiger partial charge in [0.25, 0.3) is 5.91 Å². The molecule has 8 heteroatoms. The quantitative estimate of drug-likeness (QED) is 0.456. The smallest absolute Gasteiger partial charge is 0.273 e. The number of hydrogen-bond acceptors (Lipinski definition) is 5. The maximum Gasteiger partial charge on any atom is 0.273 e. The highest BCUT2D eigenvalue weighted by Crippen LogP contribution is 2.28. The molecular weight excluding hydrogens is 386 g/mol. The highest BCUT2D eigenvalue weighted by atomic mass is 32.1. The predicted octanol–water partition coefficient (Wildman–Crippen LogP) is 4.46. The highest BCUT2D eigenvalue weighted by molar-refractivity contribution is 7.22. The van der Waals surface area contributed by atoms with E-state index >= 15 is 0 Å². The van der Waals surface area contributed by atoms with E-state index in [4.69, 9.17) is 0 Å². The fourth-order valence-corrected chi connectivity index (χ4v) is 3.80. The number of hydrogen-bond donors (Lipinski definition) is 3. The van der Waals surface area contributed by atoms with Crippen LogP contribution >= 0.6 is 11.3 Å². The van der Waals surface area contributed by atoms with Gasteiger partial charge in [0.2, 0.25) is 5.91 Å². The number of fused-ring (bicyclic) bond motifs is 1. The van der Waals surface area contributed by atoms with Gasteiger partial charge in [-0.15, -0.1) is 0 Å². The summed E-state index contributed by atoms with van der Waals surface area (Å²) in [4.78, 5) is 28.1. The molecule has 0 aliphatic carbocycles. The van der Waals surface area contributed by atoms with Crippen molar-refractivity contribution in [2.45, 2.75) is 20.3 Å². The Morgan fingerprint density at radius 1 is 1.07 bits per heavy atom. The first-order valence-corrected chi connectivity index (χ1v) is 9.97. The number of nitrogens with zero attached hydrogens (tertiary/aromatic N) is 2. The standard InChI is InChI=1S/C21H19N5O2S/c1-3-13-4-6-14(7-5-13)16-11-18(26-25-16)20(28)23-15-8-9-19-17(10-15)24-21(29-19)22-12(2)27/h4-11H,3H2,1-2H3,(H,23,28)(H,25,26)(H,22,24,27). The van der Waals surface area contributed by atoms with Gasteiger partial charge in [0.1, 0.15) is 5.69 Å². The zero-order valence-electron chi connectivity index (χ0n) is 15.9. The van der Waals surface area contributed by atoms with Gasteiger partial charge in [0.05, 0.1) is 15.9 Å². The molecule has 4 rings (SSSR count). The average Bonchev–Trinajstić information content (AvgIpc) is 3.34. The molecule has 0 radical (unpaired) electrons. The molecule has 0 bridgehead atoms. The summed E-state index contributed by atoms with van der Waals surface area (Å²) in [6.07, 6.45) is 0.976. The topological polar surface area (TPSA) is 99.8 Å². The number of amides is 2. The maximum absolute atomic E-state index is 12.6. The van der Waals surface area contributed by atoms with Gasteiger partial charge in [-0.05, 0) is 36.2 Å². The number of benzene rings is 2. The normalized spacial score (nSPS) is 10.8. The fraction of sp³-hybridized carbons (Fsp3) is 0.143.